The van der Waals surface area contributed by atoms with Crippen LogP contribution in [-0.4, -0.2) is 50.8 Å². The van der Waals surface area contributed by atoms with Gasteiger partial charge in [0.15, 0.2) is 0 Å². The highest BCUT2D eigenvalue weighted by Crippen LogP contribution is 2.15. The van der Waals surface area contributed by atoms with Gasteiger partial charge in [-0.1, -0.05) is 30.3 Å². The largest absolute Gasteiger partial charge is 0.341 e. The molecular formula is C19H23N5O2. The molecule has 7 nitrogen and oxygen atoms in total. The highest BCUT2D eigenvalue weighted by atomic mass is 16.2. The summed E-state index contributed by atoms with van der Waals surface area (Å²) in [6.45, 7) is 1.06. The Morgan fingerprint density at radius 2 is 1.96 bits per heavy atom. The third-order valence-electron chi connectivity index (χ3n) is 4.35. The van der Waals surface area contributed by atoms with Crippen molar-refractivity contribution >= 4 is 17.5 Å². The maximum absolute atomic E-state index is 12.3. The maximum atomic E-state index is 12.3. The van der Waals surface area contributed by atoms with Gasteiger partial charge in [0, 0.05) is 51.7 Å². The average Bonchev–Trinajstić information content (AvgIpc) is 3.29. The van der Waals surface area contributed by atoms with Crippen LogP contribution < -0.4 is 0 Å². The average molecular weight is 353 g/mol. The lowest BCUT2D eigenvalue weighted by molar-refractivity contribution is -0.136. The topological polar surface area (TPSA) is 70.8 Å². The Bertz CT molecular complexity index is 812. The minimum Gasteiger partial charge on any atom is -0.341 e. The summed E-state index contributed by atoms with van der Waals surface area (Å²) in [5, 5.41) is 9.99. The lowest BCUT2D eigenvalue weighted by Gasteiger charge is -2.17. The summed E-state index contributed by atoms with van der Waals surface area (Å²) in [6, 6.07) is 9.85. The number of carbonyl (C=O) groups is 2. The zero-order valence-electron chi connectivity index (χ0n) is 15.1. The fourth-order valence-electron chi connectivity index (χ4n) is 2.92. The van der Waals surface area contributed by atoms with Crippen LogP contribution in [0.3, 0.4) is 0 Å². The minimum atomic E-state index is -0.112. The molecule has 2 heterocycles. The summed E-state index contributed by atoms with van der Waals surface area (Å²) in [5.74, 6) is -0.173. The second-order valence-corrected chi connectivity index (χ2v) is 6.45. The monoisotopic (exact) mass is 353 g/mol. The number of amides is 2. The minimum absolute atomic E-state index is 0.0614. The first-order valence-electron chi connectivity index (χ1n) is 8.67. The normalized spacial score (nSPS) is 13.6. The van der Waals surface area contributed by atoms with Gasteiger partial charge >= 0.3 is 0 Å². The zero-order valence-corrected chi connectivity index (χ0v) is 15.1. The molecule has 1 aliphatic heterocycles. The van der Waals surface area contributed by atoms with E-state index in [2.05, 4.69) is 10.2 Å². The van der Waals surface area contributed by atoms with Gasteiger partial charge in [-0.2, -0.15) is 10.2 Å². The highest BCUT2D eigenvalue weighted by molar-refractivity contribution is 6.02. The molecule has 136 valence electrons. The smallest absolute Gasteiger partial charge is 0.243 e. The third kappa shape index (κ3) is 4.36. The van der Waals surface area contributed by atoms with Crippen LogP contribution in [0.2, 0.25) is 0 Å². The van der Waals surface area contributed by atoms with Crippen LogP contribution in [-0.2, 0) is 23.2 Å². The van der Waals surface area contributed by atoms with Crippen LogP contribution in [0, 0.1) is 0 Å². The lowest BCUT2D eigenvalue weighted by atomic mass is 10.1. The molecule has 0 unspecified atom stereocenters. The number of aromatic nitrogens is 2. The first kappa shape index (κ1) is 17.8. The van der Waals surface area contributed by atoms with Gasteiger partial charge in [-0.15, -0.1) is 0 Å². The van der Waals surface area contributed by atoms with Crippen molar-refractivity contribution < 1.29 is 9.59 Å². The molecule has 26 heavy (non-hydrogen) atoms. The molecule has 2 amide bonds. The van der Waals surface area contributed by atoms with Gasteiger partial charge in [-0.25, -0.2) is 5.01 Å². The van der Waals surface area contributed by atoms with Crippen LogP contribution in [0.4, 0.5) is 0 Å². The van der Waals surface area contributed by atoms with Gasteiger partial charge < -0.3 is 4.90 Å². The standard InChI is InChI=1S/C19H23N5O2/c1-22(13-15-12-20-23(2)14-15)18(25)8-9-19(26)24-11-10-17(21-24)16-6-4-3-5-7-16/h3-7,12,14H,8-11,13H2,1-2H3. The molecule has 2 aromatic rings. The summed E-state index contributed by atoms with van der Waals surface area (Å²) in [7, 11) is 3.57. The Morgan fingerprint density at radius 3 is 2.65 bits per heavy atom. The molecule has 0 fully saturated rings. The predicted molar refractivity (Wildman–Crippen MR) is 98.2 cm³/mol. The second kappa shape index (κ2) is 7.95. The molecule has 7 heteroatoms. The molecular weight excluding hydrogens is 330 g/mol. The molecule has 3 rings (SSSR count). The van der Waals surface area contributed by atoms with Crippen molar-refractivity contribution in [2.45, 2.75) is 25.8 Å². The molecule has 0 saturated heterocycles. The van der Waals surface area contributed by atoms with Gasteiger partial charge in [0.1, 0.15) is 0 Å². The van der Waals surface area contributed by atoms with E-state index in [9.17, 15) is 9.59 Å². The SMILES string of the molecule is CN(Cc1cnn(C)c1)C(=O)CCC(=O)N1CCC(c2ccccc2)=N1. The summed E-state index contributed by atoms with van der Waals surface area (Å²) in [5.41, 5.74) is 2.92. The van der Waals surface area contributed by atoms with Crippen LogP contribution in [0.15, 0.2) is 47.8 Å². The van der Waals surface area contributed by atoms with Gasteiger partial charge in [-0.3, -0.25) is 14.3 Å². The van der Waals surface area contributed by atoms with Gasteiger partial charge in [0.05, 0.1) is 18.5 Å². The van der Waals surface area contributed by atoms with Gasteiger partial charge in [0.25, 0.3) is 0 Å². The second-order valence-electron chi connectivity index (χ2n) is 6.45. The lowest BCUT2D eigenvalue weighted by Crippen LogP contribution is -2.29. The third-order valence-corrected chi connectivity index (χ3v) is 4.35. The van der Waals surface area contributed by atoms with E-state index in [1.54, 1.807) is 22.8 Å². The quantitative estimate of drug-likeness (QED) is 0.795. The molecule has 1 aliphatic rings. The van der Waals surface area contributed by atoms with Crippen LogP contribution >= 0.6 is 0 Å². The van der Waals surface area contributed by atoms with Crippen LogP contribution in [0.1, 0.15) is 30.4 Å². The number of aryl methyl sites for hydroxylation is 1. The van der Waals surface area contributed by atoms with Crippen molar-refractivity contribution in [3.8, 4) is 0 Å². The Labute approximate surface area is 152 Å². The van der Waals surface area contributed by atoms with Crippen molar-refractivity contribution in [1.82, 2.24) is 19.7 Å². The van der Waals surface area contributed by atoms with E-state index in [0.717, 1.165) is 23.3 Å². The molecule has 0 saturated carbocycles. The number of nitrogens with zero attached hydrogens (tertiary/aromatic N) is 5. The number of rotatable bonds is 6. The first-order valence-corrected chi connectivity index (χ1v) is 8.67. The Hall–Kier alpha value is -2.96. The molecule has 0 aliphatic carbocycles. The Balaban J connectivity index is 1.49. The van der Waals surface area contributed by atoms with Gasteiger partial charge in [-0.05, 0) is 5.56 Å². The fraction of sp³-hybridized carbons (Fsp3) is 0.368. The van der Waals surface area contributed by atoms with Crippen molar-refractivity contribution in [3.05, 3.63) is 53.9 Å². The number of hydrazone groups is 1. The number of hydrogen-bond donors (Lipinski definition) is 0. The molecule has 0 spiro atoms. The van der Waals surface area contributed by atoms with Crippen LogP contribution in [0.25, 0.3) is 0 Å². The summed E-state index contributed by atoms with van der Waals surface area (Å²) in [6.07, 6.45) is 4.70. The molecule has 0 atom stereocenters. The fourth-order valence-corrected chi connectivity index (χ4v) is 2.92. The van der Waals surface area contributed by atoms with Crippen molar-refractivity contribution in [1.29, 1.82) is 0 Å². The predicted octanol–water partition coefficient (Wildman–Crippen LogP) is 1.80. The van der Waals surface area contributed by atoms with Gasteiger partial charge in [0.2, 0.25) is 11.8 Å². The van der Waals surface area contributed by atoms with Crippen molar-refractivity contribution in [3.63, 3.8) is 0 Å². The van der Waals surface area contributed by atoms with E-state index in [-0.39, 0.29) is 24.7 Å². The first-order chi connectivity index (χ1) is 12.5. The summed E-state index contributed by atoms with van der Waals surface area (Å²) in [4.78, 5) is 26.2. The molecule has 1 aromatic heterocycles. The number of hydrogen-bond acceptors (Lipinski definition) is 4. The highest BCUT2D eigenvalue weighted by Gasteiger charge is 2.22. The Kier molecular flexibility index (Phi) is 5.46. The van der Waals surface area contributed by atoms with E-state index in [1.807, 2.05) is 43.6 Å². The van der Waals surface area contributed by atoms with E-state index >= 15 is 0 Å². The summed E-state index contributed by atoms with van der Waals surface area (Å²) < 4.78 is 1.70. The Morgan fingerprint density at radius 1 is 1.19 bits per heavy atom. The van der Waals surface area contributed by atoms with Crippen LogP contribution in [0.5, 0.6) is 0 Å². The molecule has 1 aromatic carbocycles. The summed E-state index contributed by atoms with van der Waals surface area (Å²) >= 11 is 0. The van der Waals surface area contributed by atoms with Crippen molar-refractivity contribution in [2.75, 3.05) is 13.6 Å². The number of carbonyl (C=O) groups excluding carboxylic acids is 2. The maximum Gasteiger partial charge on any atom is 0.243 e. The molecule has 0 bridgehead atoms. The zero-order chi connectivity index (χ0) is 18.5. The van der Waals surface area contributed by atoms with E-state index in [1.165, 1.54) is 5.01 Å². The van der Waals surface area contributed by atoms with E-state index in [4.69, 9.17) is 0 Å². The van der Waals surface area contributed by atoms with E-state index < -0.39 is 0 Å². The number of benzene rings is 1. The van der Waals surface area contributed by atoms with Crippen molar-refractivity contribution in [2.24, 2.45) is 12.1 Å². The van der Waals surface area contributed by atoms with E-state index in [0.29, 0.717) is 13.1 Å². The molecule has 0 N–H and O–H groups in total. The molecule has 0 radical (unpaired) electrons.